The van der Waals surface area contributed by atoms with Crippen LogP contribution in [0, 0.1) is 0 Å². The molecule has 2 aliphatic heterocycles. The molecule has 1 amide bonds. The van der Waals surface area contributed by atoms with Gasteiger partial charge in [0, 0.05) is 24.8 Å². The first-order chi connectivity index (χ1) is 12.9. The molecule has 2 aliphatic rings. The van der Waals surface area contributed by atoms with Crippen LogP contribution in [0.5, 0.6) is 11.5 Å². The number of nitrogens with zero attached hydrogens (tertiary/aromatic N) is 1. The lowest BCUT2D eigenvalue weighted by atomic mass is 10.2. The number of amides is 1. The minimum absolute atomic E-state index is 0.0598. The maximum absolute atomic E-state index is 12.7. The first-order valence-corrected chi connectivity index (χ1v) is 10.3. The smallest absolute Gasteiger partial charge is 0.257 e. The van der Waals surface area contributed by atoms with Crippen LogP contribution in [0.25, 0.3) is 0 Å². The van der Waals surface area contributed by atoms with Crippen LogP contribution < -0.4 is 14.8 Å². The maximum Gasteiger partial charge on any atom is 0.257 e. The van der Waals surface area contributed by atoms with Crippen LogP contribution in [0.4, 0.5) is 5.69 Å². The van der Waals surface area contributed by atoms with Gasteiger partial charge in [0.25, 0.3) is 5.91 Å². The first kappa shape index (κ1) is 18.1. The summed E-state index contributed by atoms with van der Waals surface area (Å²) in [6.07, 6.45) is 1.68. The molecule has 0 unspecified atom stereocenters. The quantitative estimate of drug-likeness (QED) is 0.840. The number of anilines is 1. The number of hydrogen-bond acceptors (Lipinski definition) is 5. The van der Waals surface area contributed by atoms with Crippen molar-refractivity contribution in [2.24, 2.45) is 0 Å². The Morgan fingerprint density at radius 3 is 2.56 bits per heavy atom. The fourth-order valence-electron chi connectivity index (χ4n) is 3.09. The van der Waals surface area contributed by atoms with Gasteiger partial charge in [-0.25, -0.2) is 8.42 Å². The van der Waals surface area contributed by atoms with Crippen LogP contribution in [0.2, 0.25) is 5.02 Å². The number of carbonyl (C=O) groups excluding carboxylic acids is 1. The summed E-state index contributed by atoms with van der Waals surface area (Å²) in [4.78, 5) is 12.7. The normalized spacial score (nSPS) is 16.5. The highest BCUT2D eigenvalue weighted by atomic mass is 35.5. The van der Waals surface area contributed by atoms with Crippen molar-refractivity contribution in [1.82, 2.24) is 4.31 Å². The van der Waals surface area contributed by atoms with Crippen LogP contribution in [0.1, 0.15) is 23.2 Å². The monoisotopic (exact) mass is 408 g/mol. The number of halogens is 1. The predicted molar refractivity (Wildman–Crippen MR) is 100.0 cm³/mol. The molecule has 7 nitrogen and oxygen atoms in total. The Bertz CT molecular complexity index is 1000. The summed E-state index contributed by atoms with van der Waals surface area (Å²) in [5.41, 5.74) is 0.586. The van der Waals surface area contributed by atoms with Crippen molar-refractivity contribution in [2.45, 2.75) is 17.7 Å². The van der Waals surface area contributed by atoms with Crippen molar-refractivity contribution in [1.29, 1.82) is 0 Å². The number of benzene rings is 2. The summed E-state index contributed by atoms with van der Waals surface area (Å²) in [5.74, 6) is 0.631. The maximum atomic E-state index is 12.7. The molecule has 1 fully saturated rings. The highest BCUT2D eigenvalue weighted by Crippen LogP contribution is 2.34. The number of fused-ring (bicyclic) bond motifs is 1. The van der Waals surface area contributed by atoms with E-state index in [2.05, 4.69) is 5.32 Å². The minimum Gasteiger partial charge on any atom is -0.454 e. The van der Waals surface area contributed by atoms with E-state index in [4.69, 9.17) is 21.1 Å². The van der Waals surface area contributed by atoms with Gasteiger partial charge in [-0.3, -0.25) is 4.79 Å². The van der Waals surface area contributed by atoms with Crippen molar-refractivity contribution >= 4 is 33.2 Å². The second-order valence-electron chi connectivity index (χ2n) is 6.28. The molecular weight excluding hydrogens is 392 g/mol. The number of sulfonamides is 1. The van der Waals surface area contributed by atoms with Gasteiger partial charge in [-0.1, -0.05) is 11.6 Å². The highest BCUT2D eigenvalue weighted by Gasteiger charge is 2.28. The average Bonchev–Trinajstić information content (AvgIpc) is 3.33. The zero-order chi connectivity index (χ0) is 19.0. The highest BCUT2D eigenvalue weighted by molar-refractivity contribution is 7.89. The van der Waals surface area contributed by atoms with E-state index in [-0.39, 0.29) is 22.3 Å². The summed E-state index contributed by atoms with van der Waals surface area (Å²) < 4.78 is 37.4. The second kappa shape index (κ2) is 7.03. The van der Waals surface area contributed by atoms with E-state index in [1.165, 1.54) is 22.5 Å². The van der Waals surface area contributed by atoms with E-state index < -0.39 is 15.9 Å². The number of hydrogen-bond donors (Lipinski definition) is 1. The zero-order valence-electron chi connectivity index (χ0n) is 14.3. The SMILES string of the molecule is O=C(Nc1ccc2c(c1)OCO2)c1cc(S(=O)(=O)N2CCCC2)ccc1Cl. The van der Waals surface area contributed by atoms with E-state index >= 15 is 0 Å². The number of ether oxygens (including phenoxy) is 2. The lowest BCUT2D eigenvalue weighted by Gasteiger charge is -2.16. The molecule has 0 atom stereocenters. The molecule has 27 heavy (non-hydrogen) atoms. The molecule has 0 spiro atoms. The van der Waals surface area contributed by atoms with E-state index in [0.717, 1.165) is 12.8 Å². The molecule has 2 aromatic carbocycles. The van der Waals surface area contributed by atoms with Gasteiger partial charge >= 0.3 is 0 Å². The molecule has 2 heterocycles. The number of rotatable bonds is 4. The second-order valence-corrected chi connectivity index (χ2v) is 8.62. The van der Waals surface area contributed by atoms with Gasteiger partial charge in [0.15, 0.2) is 11.5 Å². The van der Waals surface area contributed by atoms with E-state index in [9.17, 15) is 13.2 Å². The molecule has 142 valence electrons. The molecule has 0 aromatic heterocycles. The van der Waals surface area contributed by atoms with Gasteiger partial charge in [-0.15, -0.1) is 0 Å². The largest absolute Gasteiger partial charge is 0.454 e. The Kier molecular flexibility index (Phi) is 4.71. The van der Waals surface area contributed by atoms with Crippen LogP contribution in [-0.4, -0.2) is 38.5 Å². The van der Waals surface area contributed by atoms with Crippen LogP contribution in [0.3, 0.4) is 0 Å². The average molecular weight is 409 g/mol. The first-order valence-electron chi connectivity index (χ1n) is 8.46. The number of carbonyl (C=O) groups is 1. The molecule has 0 radical (unpaired) electrons. The summed E-state index contributed by atoms with van der Waals surface area (Å²) >= 11 is 6.15. The molecule has 0 saturated carbocycles. The van der Waals surface area contributed by atoms with Crippen molar-refractivity contribution in [3.63, 3.8) is 0 Å². The molecule has 4 rings (SSSR count). The third-order valence-electron chi connectivity index (χ3n) is 4.52. The Morgan fingerprint density at radius 2 is 1.78 bits per heavy atom. The Balaban J connectivity index is 1.60. The fourth-order valence-corrected chi connectivity index (χ4v) is 4.84. The van der Waals surface area contributed by atoms with Gasteiger partial charge in [0.1, 0.15) is 0 Å². The molecule has 1 N–H and O–H groups in total. The van der Waals surface area contributed by atoms with Crippen molar-refractivity contribution in [3.05, 3.63) is 47.0 Å². The summed E-state index contributed by atoms with van der Waals surface area (Å²) in [5, 5.41) is 2.88. The van der Waals surface area contributed by atoms with Crippen LogP contribution in [-0.2, 0) is 10.0 Å². The lowest BCUT2D eigenvalue weighted by molar-refractivity contribution is 0.102. The van der Waals surface area contributed by atoms with Gasteiger partial charge in [-0.05, 0) is 43.2 Å². The van der Waals surface area contributed by atoms with Gasteiger partial charge < -0.3 is 14.8 Å². The Labute approximate surface area is 161 Å². The van der Waals surface area contributed by atoms with E-state index in [1.54, 1.807) is 18.2 Å². The van der Waals surface area contributed by atoms with Crippen molar-refractivity contribution in [3.8, 4) is 11.5 Å². The standard InChI is InChI=1S/C18H17ClN2O5S/c19-15-5-4-13(27(23,24)21-7-1-2-8-21)10-14(15)18(22)20-12-3-6-16-17(9-12)26-11-25-16/h3-6,9-10H,1-2,7-8,11H2,(H,20,22). The molecule has 2 aromatic rings. The topological polar surface area (TPSA) is 84.9 Å². The van der Waals surface area contributed by atoms with E-state index in [0.29, 0.717) is 30.3 Å². The predicted octanol–water partition coefficient (Wildman–Crippen LogP) is 3.11. The van der Waals surface area contributed by atoms with Gasteiger partial charge in [0.05, 0.1) is 15.5 Å². The van der Waals surface area contributed by atoms with Gasteiger partial charge in [0.2, 0.25) is 16.8 Å². The van der Waals surface area contributed by atoms with Crippen LogP contribution in [0.15, 0.2) is 41.3 Å². The summed E-state index contributed by atoms with van der Waals surface area (Å²) in [7, 11) is -3.63. The lowest BCUT2D eigenvalue weighted by Crippen LogP contribution is -2.28. The minimum atomic E-state index is -3.63. The molecular formula is C18H17ClN2O5S. The Morgan fingerprint density at radius 1 is 1.04 bits per heavy atom. The summed E-state index contributed by atoms with van der Waals surface area (Å²) in [6.45, 7) is 1.11. The van der Waals surface area contributed by atoms with E-state index in [1.807, 2.05) is 0 Å². The molecule has 0 aliphatic carbocycles. The third-order valence-corrected chi connectivity index (χ3v) is 6.74. The summed E-state index contributed by atoms with van der Waals surface area (Å²) in [6, 6.07) is 9.17. The third kappa shape index (κ3) is 3.47. The van der Waals surface area contributed by atoms with Gasteiger partial charge in [-0.2, -0.15) is 4.31 Å². The van der Waals surface area contributed by atoms with Crippen LogP contribution >= 0.6 is 11.6 Å². The van der Waals surface area contributed by atoms with Crippen molar-refractivity contribution in [2.75, 3.05) is 25.2 Å². The molecule has 1 saturated heterocycles. The zero-order valence-corrected chi connectivity index (χ0v) is 15.8. The number of nitrogens with one attached hydrogen (secondary N) is 1. The van der Waals surface area contributed by atoms with Crippen molar-refractivity contribution < 1.29 is 22.7 Å². The molecule has 0 bridgehead atoms. The fraction of sp³-hybridized carbons (Fsp3) is 0.278. The molecule has 9 heteroatoms. The Hall–Kier alpha value is -2.29.